The van der Waals surface area contributed by atoms with Gasteiger partial charge in [-0.05, 0) is 35.9 Å². The van der Waals surface area contributed by atoms with E-state index in [0.29, 0.717) is 0 Å². The van der Waals surface area contributed by atoms with Gasteiger partial charge in [-0.1, -0.05) is 24.3 Å². The van der Waals surface area contributed by atoms with Crippen molar-refractivity contribution in [2.45, 2.75) is 0 Å². The van der Waals surface area contributed by atoms with Crippen molar-refractivity contribution in [3.05, 3.63) is 66.1 Å². The highest BCUT2D eigenvalue weighted by Gasteiger charge is 2.03. The molecule has 5 heteroatoms. The molecule has 0 unspecified atom stereocenters. The third kappa shape index (κ3) is 4.35. The standard InChI is InChI=1S/C16H15FN2O2/c1-21-13-6-4-5-12(11-13)9-10-18-16(20)19-15-8-3-2-7-14(15)17/h2-11H,1H3,(H2,18,19,20)/b10-9+. The lowest BCUT2D eigenvalue weighted by molar-refractivity contribution is 0.255. The van der Waals surface area contributed by atoms with Crippen molar-refractivity contribution in [1.29, 1.82) is 0 Å². The van der Waals surface area contributed by atoms with E-state index >= 15 is 0 Å². The van der Waals surface area contributed by atoms with E-state index in [2.05, 4.69) is 10.6 Å². The van der Waals surface area contributed by atoms with Crippen LogP contribution in [0, 0.1) is 5.82 Å². The van der Waals surface area contributed by atoms with E-state index in [1.807, 2.05) is 24.3 Å². The van der Waals surface area contributed by atoms with E-state index in [4.69, 9.17) is 4.74 Å². The predicted octanol–water partition coefficient (Wildman–Crippen LogP) is 3.63. The van der Waals surface area contributed by atoms with Crippen molar-refractivity contribution in [2.24, 2.45) is 0 Å². The highest BCUT2D eigenvalue weighted by atomic mass is 19.1. The molecule has 0 saturated carbocycles. The maximum absolute atomic E-state index is 13.3. The van der Waals surface area contributed by atoms with E-state index in [-0.39, 0.29) is 5.69 Å². The third-order valence-corrected chi connectivity index (χ3v) is 2.71. The normalized spacial score (nSPS) is 10.4. The number of hydrogen-bond acceptors (Lipinski definition) is 2. The zero-order valence-electron chi connectivity index (χ0n) is 11.5. The van der Waals surface area contributed by atoms with Crippen LogP contribution in [0.1, 0.15) is 5.56 Å². The second kappa shape index (κ2) is 7.09. The molecule has 2 amide bonds. The summed E-state index contributed by atoms with van der Waals surface area (Å²) in [6.45, 7) is 0. The van der Waals surface area contributed by atoms with Gasteiger partial charge in [-0.15, -0.1) is 0 Å². The highest BCUT2D eigenvalue weighted by Crippen LogP contribution is 2.14. The number of benzene rings is 2. The maximum Gasteiger partial charge on any atom is 0.323 e. The van der Waals surface area contributed by atoms with Gasteiger partial charge >= 0.3 is 6.03 Å². The topological polar surface area (TPSA) is 50.4 Å². The first-order chi connectivity index (χ1) is 10.2. The number of carbonyl (C=O) groups excluding carboxylic acids is 1. The van der Waals surface area contributed by atoms with Gasteiger partial charge in [-0.3, -0.25) is 0 Å². The number of nitrogens with one attached hydrogen (secondary N) is 2. The average Bonchev–Trinajstić information content (AvgIpc) is 2.50. The minimum absolute atomic E-state index is 0.129. The Hall–Kier alpha value is -2.82. The second-order valence-electron chi connectivity index (χ2n) is 4.19. The summed E-state index contributed by atoms with van der Waals surface area (Å²) < 4.78 is 18.4. The summed E-state index contributed by atoms with van der Waals surface area (Å²) in [5, 5.41) is 4.92. The average molecular weight is 286 g/mol. The van der Waals surface area contributed by atoms with Crippen LogP contribution in [0.5, 0.6) is 5.75 Å². The Balaban J connectivity index is 1.91. The molecular weight excluding hydrogens is 271 g/mol. The molecule has 0 saturated heterocycles. The Kier molecular flexibility index (Phi) is 4.93. The van der Waals surface area contributed by atoms with Gasteiger partial charge in [0.25, 0.3) is 0 Å². The molecule has 0 radical (unpaired) electrons. The molecule has 21 heavy (non-hydrogen) atoms. The molecule has 4 nitrogen and oxygen atoms in total. The SMILES string of the molecule is COc1cccc(/C=C/NC(=O)Nc2ccccc2F)c1. The molecule has 0 aliphatic carbocycles. The van der Waals surface area contributed by atoms with Crippen molar-refractivity contribution in [2.75, 3.05) is 12.4 Å². The summed E-state index contributed by atoms with van der Waals surface area (Å²) in [4.78, 5) is 11.6. The molecule has 2 N–H and O–H groups in total. The monoisotopic (exact) mass is 286 g/mol. The summed E-state index contributed by atoms with van der Waals surface area (Å²) in [5.74, 6) is 0.248. The van der Waals surface area contributed by atoms with Crippen LogP contribution in [0.2, 0.25) is 0 Å². The fraction of sp³-hybridized carbons (Fsp3) is 0.0625. The molecule has 0 atom stereocenters. The number of methoxy groups -OCH3 is 1. The van der Waals surface area contributed by atoms with Gasteiger partial charge in [-0.2, -0.15) is 0 Å². The van der Waals surface area contributed by atoms with Crippen LogP contribution in [0.15, 0.2) is 54.7 Å². The molecule has 108 valence electrons. The molecule has 0 bridgehead atoms. The van der Waals surface area contributed by atoms with E-state index < -0.39 is 11.8 Å². The van der Waals surface area contributed by atoms with Gasteiger partial charge in [0.15, 0.2) is 0 Å². The molecule has 0 aliphatic rings. The second-order valence-corrected chi connectivity index (χ2v) is 4.19. The summed E-state index contributed by atoms with van der Waals surface area (Å²) in [6, 6.07) is 12.8. The first kappa shape index (κ1) is 14.6. The lowest BCUT2D eigenvalue weighted by atomic mass is 10.2. The Morgan fingerprint density at radius 2 is 2.00 bits per heavy atom. The summed E-state index contributed by atoms with van der Waals surface area (Å²) in [5.41, 5.74) is 1.00. The van der Waals surface area contributed by atoms with Gasteiger partial charge < -0.3 is 15.4 Å². The lowest BCUT2D eigenvalue weighted by Crippen LogP contribution is -2.24. The van der Waals surface area contributed by atoms with Gasteiger partial charge in [0.05, 0.1) is 12.8 Å². The zero-order chi connectivity index (χ0) is 15.1. The van der Waals surface area contributed by atoms with E-state index in [9.17, 15) is 9.18 Å². The van der Waals surface area contributed by atoms with Gasteiger partial charge in [0.1, 0.15) is 11.6 Å². The largest absolute Gasteiger partial charge is 0.497 e. The minimum Gasteiger partial charge on any atom is -0.497 e. The van der Waals surface area contributed by atoms with Crippen LogP contribution >= 0.6 is 0 Å². The van der Waals surface area contributed by atoms with E-state index in [1.54, 1.807) is 25.3 Å². The molecule has 0 spiro atoms. The first-order valence-electron chi connectivity index (χ1n) is 6.31. The van der Waals surface area contributed by atoms with Crippen molar-refractivity contribution in [3.8, 4) is 5.75 Å². The minimum atomic E-state index is -0.515. The molecule has 0 aliphatic heterocycles. The van der Waals surface area contributed by atoms with Crippen molar-refractivity contribution in [1.82, 2.24) is 5.32 Å². The van der Waals surface area contributed by atoms with Crippen molar-refractivity contribution >= 4 is 17.8 Å². The zero-order valence-corrected chi connectivity index (χ0v) is 11.5. The van der Waals surface area contributed by atoms with Crippen molar-refractivity contribution < 1.29 is 13.9 Å². The molecule has 0 aromatic heterocycles. The fourth-order valence-corrected chi connectivity index (χ4v) is 1.68. The molecular formula is C16H15FN2O2. The maximum atomic E-state index is 13.3. The van der Waals surface area contributed by atoms with Gasteiger partial charge in [0.2, 0.25) is 0 Å². The quantitative estimate of drug-likeness (QED) is 0.901. The molecule has 0 fully saturated rings. The number of para-hydroxylation sites is 1. The number of urea groups is 1. The summed E-state index contributed by atoms with van der Waals surface area (Å²) >= 11 is 0. The van der Waals surface area contributed by atoms with Crippen LogP contribution in [0.4, 0.5) is 14.9 Å². The van der Waals surface area contributed by atoms with Crippen LogP contribution in [0.3, 0.4) is 0 Å². The van der Waals surface area contributed by atoms with E-state index in [1.165, 1.54) is 18.3 Å². The molecule has 2 aromatic carbocycles. The Morgan fingerprint density at radius 1 is 1.19 bits per heavy atom. The highest BCUT2D eigenvalue weighted by molar-refractivity contribution is 5.90. The predicted molar refractivity (Wildman–Crippen MR) is 80.6 cm³/mol. The smallest absolute Gasteiger partial charge is 0.323 e. The summed E-state index contributed by atoms with van der Waals surface area (Å²) in [6.07, 6.45) is 3.19. The number of anilines is 1. The molecule has 0 heterocycles. The molecule has 2 rings (SSSR count). The first-order valence-corrected chi connectivity index (χ1v) is 6.31. The number of hydrogen-bond donors (Lipinski definition) is 2. The fourth-order valence-electron chi connectivity index (χ4n) is 1.68. The van der Waals surface area contributed by atoms with Crippen LogP contribution in [-0.4, -0.2) is 13.1 Å². The Bertz CT molecular complexity index is 656. The van der Waals surface area contributed by atoms with E-state index in [0.717, 1.165) is 11.3 Å². The van der Waals surface area contributed by atoms with Crippen LogP contribution in [-0.2, 0) is 0 Å². The number of ether oxygens (including phenoxy) is 1. The van der Waals surface area contributed by atoms with Crippen molar-refractivity contribution in [3.63, 3.8) is 0 Å². The third-order valence-electron chi connectivity index (χ3n) is 2.71. The lowest BCUT2D eigenvalue weighted by Gasteiger charge is -2.05. The number of amides is 2. The number of rotatable bonds is 4. The van der Waals surface area contributed by atoms with Gasteiger partial charge in [0, 0.05) is 6.20 Å². The van der Waals surface area contributed by atoms with Gasteiger partial charge in [-0.25, -0.2) is 9.18 Å². The number of halogens is 1. The Morgan fingerprint density at radius 3 is 2.76 bits per heavy atom. The summed E-state index contributed by atoms with van der Waals surface area (Å²) in [7, 11) is 1.59. The Labute approximate surface area is 122 Å². The number of carbonyl (C=O) groups is 1. The molecule has 2 aromatic rings. The van der Waals surface area contributed by atoms with Crippen LogP contribution in [0.25, 0.3) is 6.08 Å². The van der Waals surface area contributed by atoms with Crippen LogP contribution < -0.4 is 15.4 Å².